The van der Waals surface area contributed by atoms with E-state index < -0.39 is 0 Å². The molecule has 23 heavy (non-hydrogen) atoms. The van der Waals surface area contributed by atoms with E-state index in [0.717, 1.165) is 29.7 Å². The van der Waals surface area contributed by atoms with Gasteiger partial charge in [-0.1, -0.05) is 50.9 Å². The van der Waals surface area contributed by atoms with E-state index in [1.165, 1.54) is 0 Å². The predicted octanol–water partition coefficient (Wildman–Crippen LogP) is 3.70. The molecule has 0 saturated carbocycles. The number of nitrogens with two attached hydrogens (primary N) is 1. The Labute approximate surface area is 143 Å². The zero-order chi connectivity index (χ0) is 17.4. The molecule has 0 heterocycles. The monoisotopic (exact) mass is 335 g/mol. The Bertz CT molecular complexity index is 589. The number of hydrogen-bond acceptors (Lipinski definition) is 3. The number of halogens is 1. The highest BCUT2D eigenvalue weighted by Gasteiger charge is 2.18. The Morgan fingerprint density at radius 2 is 1.91 bits per heavy atom. The quantitative estimate of drug-likeness (QED) is 0.589. The second-order valence-electron chi connectivity index (χ2n) is 5.71. The summed E-state index contributed by atoms with van der Waals surface area (Å²) in [6.45, 7) is 6.58. The minimum atomic E-state index is -0.259. The molecule has 0 fully saturated rings. The molecule has 1 aromatic carbocycles. The van der Waals surface area contributed by atoms with Gasteiger partial charge in [0, 0.05) is 29.9 Å². The zero-order valence-corrected chi connectivity index (χ0v) is 15.1. The van der Waals surface area contributed by atoms with Gasteiger partial charge in [-0.2, -0.15) is 0 Å². The van der Waals surface area contributed by atoms with Gasteiger partial charge in [-0.25, -0.2) is 0 Å². The van der Waals surface area contributed by atoms with Crippen molar-refractivity contribution >= 4 is 23.2 Å². The summed E-state index contributed by atoms with van der Waals surface area (Å²) in [5.74, 6) is -0.0330. The van der Waals surface area contributed by atoms with Crippen molar-refractivity contribution in [3.8, 4) is 0 Å². The fraction of sp³-hybridized carbons (Fsp3) is 0.444. The molecule has 0 aromatic heterocycles. The van der Waals surface area contributed by atoms with E-state index in [9.17, 15) is 4.79 Å². The van der Waals surface area contributed by atoms with Crippen molar-refractivity contribution in [1.29, 1.82) is 0 Å². The lowest BCUT2D eigenvalue weighted by atomic mass is 9.94. The van der Waals surface area contributed by atoms with Crippen LogP contribution in [0, 0.1) is 5.92 Å². The Hall–Kier alpha value is -1.81. The third-order valence-electron chi connectivity index (χ3n) is 3.53. The van der Waals surface area contributed by atoms with Gasteiger partial charge >= 0.3 is 0 Å². The van der Waals surface area contributed by atoms with Crippen LogP contribution >= 0.6 is 11.6 Å². The lowest BCUT2D eigenvalue weighted by Gasteiger charge is -2.16. The van der Waals surface area contributed by atoms with Gasteiger partial charge in [0.2, 0.25) is 0 Å². The van der Waals surface area contributed by atoms with E-state index in [1.54, 1.807) is 19.2 Å². The van der Waals surface area contributed by atoms with Gasteiger partial charge in [-0.15, -0.1) is 0 Å². The SMILES string of the molecule is CCC/C(C(=NC)C(C)C)=C(/N)C(=O)NCc1ccc(Cl)cc1. The third-order valence-corrected chi connectivity index (χ3v) is 3.79. The summed E-state index contributed by atoms with van der Waals surface area (Å²) < 4.78 is 0. The number of carbonyl (C=O) groups is 1. The summed E-state index contributed by atoms with van der Waals surface area (Å²) in [5, 5.41) is 3.53. The van der Waals surface area contributed by atoms with Crippen LogP contribution in [0.25, 0.3) is 0 Å². The molecule has 126 valence electrons. The maximum absolute atomic E-state index is 12.4. The van der Waals surface area contributed by atoms with Gasteiger partial charge in [-0.05, 0) is 30.0 Å². The molecule has 0 spiro atoms. The lowest BCUT2D eigenvalue weighted by Crippen LogP contribution is -2.31. The topological polar surface area (TPSA) is 67.5 Å². The van der Waals surface area contributed by atoms with E-state index in [1.807, 2.05) is 12.1 Å². The molecule has 5 heteroatoms. The Morgan fingerprint density at radius 1 is 1.30 bits per heavy atom. The summed E-state index contributed by atoms with van der Waals surface area (Å²) in [7, 11) is 1.74. The van der Waals surface area contributed by atoms with Crippen LogP contribution in [0.5, 0.6) is 0 Å². The molecule has 1 rings (SSSR count). The van der Waals surface area contributed by atoms with Gasteiger partial charge in [0.05, 0.1) is 0 Å². The highest BCUT2D eigenvalue weighted by Crippen LogP contribution is 2.17. The van der Waals surface area contributed by atoms with Gasteiger partial charge < -0.3 is 11.1 Å². The third kappa shape index (κ3) is 5.71. The van der Waals surface area contributed by atoms with E-state index in [4.69, 9.17) is 17.3 Å². The Balaban J connectivity index is 2.90. The first-order valence-corrected chi connectivity index (χ1v) is 8.26. The van der Waals surface area contributed by atoms with Crippen LogP contribution in [0.15, 0.2) is 40.5 Å². The number of carbonyl (C=O) groups excluding carboxylic acids is 1. The minimum absolute atomic E-state index is 0.226. The largest absolute Gasteiger partial charge is 0.394 e. The number of nitrogens with zero attached hydrogens (tertiary/aromatic N) is 1. The number of rotatable bonds is 7. The summed E-state index contributed by atoms with van der Waals surface area (Å²) in [6.07, 6.45) is 1.65. The molecule has 0 aliphatic rings. The number of aliphatic imine (C=N–C) groups is 1. The molecule has 0 aliphatic heterocycles. The highest BCUT2D eigenvalue weighted by atomic mass is 35.5. The van der Waals surface area contributed by atoms with Crippen molar-refractivity contribution in [2.24, 2.45) is 16.6 Å². The predicted molar refractivity (Wildman–Crippen MR) is 97.6 cm³/mol. The molecule has 1 amide bonds. The molecule has 0 atom stereocenters. The number of allylic oxidation sites excluding steroid dienone is 1. The smallest absolute Gasteiger partial charge is 0.267 e. The van der Waals surface area contributed by atoms with Gasteiger partial charge in [-0.3, -0.25) is 9.79 Å². The zero-order valence-electron chi connectivity index (χ0n) is 14.3. The second kappa shape index (κ2) is 9.36. The summed E-state index contributed by atoms with van der Waals surface area (Å²) in [5.41, 5.74) is 9.09. The van der Waals surface area contributed by atoms with Gasteiger partial charge in [0.25, 0.3) is 5.91 Å². The maximum atomic E-state index is 12.4. The minimum Gasteiger partial charge on any atom is -0.394 e. The van der Waals surface area contributed by atoms with Crippen LogP contribution in [0.3, 0.4) is 0 Å². The average molecular weight is 336 g/mol. The van der Waals surface area contributed by atoms with Crippen LogP contribution in [0.1, 0.15) is 39.2 Å². The lowest BCUT2D eigenvalue weighted by molar-refractivity contribution is -0.117. The van der Waals surface area contributed by atoms with Crippen molar-refractivity contribution in [2.45, 2.75) is 40.2 Å². The molecular weight excluding hydrogens is 310 g/mol. The van der Waals surface area contributed by atoms with Crippen LogP contribution in [-0.4, -0.2) is 18.7 Å². The first-order valence-electron chi connectivity index (χ1n) is 7.89. The van der Waals surface area contributed by atoms with Crippen molar-refractivity contribution in [3.63, 3.8) is 0 Å². The Morgan fingerprint density at radius 3 is 2.39 bits per heavy atom. The van der Waals surface area contributed by atoms with Gasteiger partial charge in [0.1, 0.15) is 5.70 Å². The first-order chi connectivity index (χ1) is 10.9. The van der Waals surface area contributed by atoms with Gasteiger partial charge in [0.15, 0.2) is 0 Å². The molecular formula is C18H26ClN3O. The van der Waals surface area contributed by atoms with Crippen LogP contribution in [-0.2, 0) is 11.3 Å². The van der Waals surface area contributed by atoms with Crippen LogP contribution < -0.4 is 11.1 Å². The summed E-state index contributed by atoms with van der Waals surface area (Å²) >= 11 is 5.85. The summed E-state index contributed by atoms with van der Waals surface area (Å²) in [6, 6.07) is 7.35. The molecule has 3 N–H and O–H groups in total. The van der Waals surface area contributed by atoms with E-state index >= 15 is 0 Å². The molecule has 0 unspecified atom stereocenters. The average Bonchev–Trinajstić information content (AvgIpc) is 2.53. The normalized spacial score (nSPS) is 13.0. The van der Waals surface area contributed by atoms with E-state index in [-0.39, 0.29) is 17.5 Å². The van der Waals surface area contributed by atoms with Crippen molar-refractivity contribution in [1.82, 2.24) is 5.32 Å². The number of amides is 1. The Kier molecular flexibility index (Phi) is 7.83. The van der Waals surface area contributed by atoms with Crippen LogP contribution in [0.2, 0.25) is 5.02 Å². The standard InChI is InChI=1S/C18H26ClN3O/c1-5-6-15(17(21-4)12(2)3)16(20)18(23)22-11-13-7-9-14(19)10-8-13/h7-10,12H,5-6,11,20H2,1-4H3,(H,22,23)/b16-15-,21-17?. The molecule has 4 nitrogen and oxygen atoms in total. The molecule has 1 aromatic rings. The van der Waals surface area contributed by atoms with Crippen molar-refractivity contribution < 1.29 is 4.79 Å². The molecule has 0 bridgehead atoms. The number of hydrogen-bond donors (Lipinski definition) is 2. The maximum Gasteiger partial charge on any atom is 0.267 e. The highest BCUT2D eigenvalue weighted by molar-refractivity contribution is 6.30. The fourth-order valence-electron chi connectivity index (χ4n) is 2.41. The number of nitrogens with one attached hydrogen (secondary N) is 1. The van der Waals surface area contributed by atoms with Crippen molar-refractivity contribution in [3.05, 3.63) is 46.1 Å². The van der Waals surface area contributed by atoms with E-state index in [0.29, 0.717) is 11.6 Å². The van der Waals surface area contributed by atoms with E-state index in [2.05, 4.69) is 31.1 Å². The van der Waals surface area contributed by atoms with Crippen molar-refractivity contribution in [2.75, 3.05) is 7.05 Å². The first kappa shape index (κ1) is 19.2. The molecule has 0 aliphatic carbocycles. The van der Waals surface area contributed by atoms with Crippen LogP contribution in [0.4, 0.5) is 0 Å². The second-order valence-corrected chi connectivity index (χ2v) is 6.15. The molecule has 0 saturated heterocycles. The molecule has 0 radical (unpaired) electrons. The number of benzene rings is 1. The summed E-state index contributed by atoms with van der Waals surface area (Å²) in [4.78, 5) is 16.7. The fourth-order valence-corrected chi connectivity index (χ4v) is 2.54.